The predicted octanol–water partition coefficient (Wildman–Crippen LogP) is 4.51. The van der Waals surface area contributed by atoms with Gasteiger partial charge in [-0.1, -0.05) is 31.4 Å². The minimum atomic E-state index is -0.537. The predicted molar refractivity (Wildman–Crippen MR) is 67.1 cm³/mol. The molecule has 1 aliphatic carbocycles. The molecule has 2 rings (SSSR count). The second-order valence-corrected chi connectivity index (χ2v) is 4.70. The quantitative estimate of drug-likeness (QED) is 0.595. The van der Waals surface area contributed by atoms with Crippen LogP contribution in [0.1, 0.15) is 43.6 Å². The second-order valence-electron chi connectivity index (χ2n) is 4.36. The van der Waals surface area contributed by atoms with Gasteiger partial charge < -0.3 is 5.32 Å². The number of amides is 1. The number of rotatable bonds is 2. The van der Waals surface area contributed by atoms with Gasteiger partial charge in [0.15, 0.2) is 0 Å². The Kier molecular flexibility index (Phi) is 3.83. The largest absolute Gasteiger partial charge is 0.318 e. The van der Waals surface area contributed by atoms with E-state index in [0.29, 0.717) is 5.92 Å². The lowest BCUT2D eigenvalue weighted by atomic mass is 9.84. The van der Waals surface area contributed by atoms with Crippen LogP contribution in [-0.4, -0.2) is 5.37 Å². The van der Waals surface area contributed by atoms with Crippen molar-refractivity contribution in [2.75, 3.05) is 5.32 Å². The molecule has 1 aromatic carbocycles. The fraction of sp³-hybridized carbons (Fsp3) is 0.462. The van der Waals surface area contributed by atoms with Gasteiger partial charge in [0.1, 0.15) is 0 Å². The van der Waals surface area contributed by atoms with Crippen molar-refractivity contribution in [1.82, 2.24) is 0 Å². The van der Waals surface area contributed by atoms with Crippen LogP contribution in [0.15, 0.2) is 24.3 Å². The van der Waals surface area contributed by atoms with Crippen molar-refractivity contribution in [3.63, 3.8) is 0 Å². The molecule has 2 nitrogen and oxygen atoms in total. The van der Waals surface area contributed by atoms with Crippen molar-refractivity contribution < 1.29 is 4.79 Å². The van der Waals surface area contributed by atoms with Gasteiger partial charge in [-0.15, -0.1) is 0 Å². The molecule has 1 amide bonds. The molecule has 1 aromatic rings. The lowest BCUT2D eigenvalue weighted by Gasteiger charge is -2.22. The van der Waals surface area contributed by atoms with Crippen LogP contribution in [0, 0.1) is 0 Å². The number of hydrogen-bond acceptors (Lipinski definition) is 1. The molecule has 86 valence electrons. The van der Waals surface area contributed by atoms with Gasteiger partial charge in [-0.25, -0.2) is 0 Å². The Balaban J connectivity index is 2.03. The summed E-state index contributed by atoms with van der Waals surface area (Å²) in [6.07, 6.45) is 6.63. The summed E-state index contributed by atoms with van der Waals surface area (Å²) in [6, 6.07) is 8.03. The molecule has 0 spiro atoms. The molecule has 1 aliphatic rings. The number of carbonyl (C=O) groups is 1. The van der Waals surface area contributed by atoms with E-state index in [1.165, 1.54) is 37.7 Å². The number of hydrogen-bond donors (Lipinski definition) is 1. The first-order valence-corrected chi connectivity index (χ1v) is 6.20. The molecule has 1 fully saturated rings. The highest BCUT2D eigenvalue weighted by Gasteiger charge is 2.14. The van der Waals surface area contributed by atoms with Crippen LogP contribution in [0.3, 0.4) is 0 Å². The molecule has 0 bridgehead atoms. The number of benzene rings is 1. The maximum Gasteiger partial charge on any atom is 0.318 e. The van der Waals surface area contributed by atoms with E-state index in [0.717, 1.165) is 5.69 Å². The van der Waals surface area contributed by atoms with Gasteiger partial charge in [0.2, 0.25) is 0 Å². The fourth-order valence-corrected chi connectivity index (χ4v) is 2.50. The highest BCUT2D eigenvalue weighted by molar-refractivity contribution is 6.65. The zero-order chi connectivity index (χ0) is 11.4. The van der Waals surface area contributed by atoms with E-state index in [1.54, 1.807) is 0 Å². The summed E-state index contributed by atoms with van der Waals surface area (Å²) in [6.45, 7) is 0. The van der Waals surface area contributed by atoms with Gasteiger partial charge in [0.05, 0.1) is 0 Å². The fourth-order valence-electron chi connectivity index (χ4n) is 2.39. The molecule has 16 heavy (non-hydrogen) atoms. The number of nitrogens with one attached hydrogen (secondary N) is 1. The Hall–Kier alpha value is -1.02. The van der Waals surface area contributed by atoms with Crippen LogP contribution in [0.25, 0.3) is 0 Å². The molecule has 0 aliphatic heterocycles. The van der Waals surface area contributed by atoms with Crippen LogP contribution in [0.2, 0.25) is 0 Å². The average Bonchev–Trinajstić information content (AvgIpc) is 2.30. The lowest BCUT2D eigenvalue weighted by Crippen LogP contribution is -2.05. The normalized spacial score (nSPS) is 17.1. The highest BCUT2D eigenvalue weighted by atomic mass is 35.5. The summed E-state index contributed by atoms with van der Waals surface area (Å²) in [7, 11) is 0. The minimum absolute atomic E-state index is 0.537. The molecule has 0 saturated heterocycles. The van der Waals surface area contributed by atoms with Gasteiger partial charge in [0.25, 0.3) is 0 Å². The van der Waals surface area contributed by atoms with E-state index in [4.69, 9.17) is 11.6 Å². The summed E-state index contributed by atoms with van der Waals surface area (Å²) in [5.74, 6) is 0.703. The summed E-state index contributed by atoms with van der Waals surface area (Å²) in [4.78, 5) is 10.7. The van der Waals surface area contributed by atoms with Crippen LogP contribution in [-0.2, 0) is 0 Å². The molecule has 0 aromatic heterocycles. The number of anilines is 1. The molecule has 0 radical (unpaired) electrons. The van der Waals surface area contributed by atoms with Gasteiger partial charge in [-0.2, -0.15) is 0 Å². The third-order valence-corrected chi connectivity index (χ3v) is 3.32. The second kappa shape index (κ2) is 5.35. The maximum absolute atomic E-state index is 10.7. The van der Waals surface area contributed by atoms with Crippen LogP contribution in [0.5, 0.6) is 0 Å². The summed E-state index contributed by atoms with van der Waals surface area (Å²) < 4.78 is 0. The molecule has 0 heterocycles. The molecule has 1 saturated carbocycles. The molecule has 3 heteroatoms. The van der Waals surface area contributed by atoms with E-state index < -0.39 is 5.37 Å². The van der Waals surface area contributed by atoms with Gasteiger partial charge in [0, 0.05) is 5.69 Å². The van der Waals surface area contributed by atoms with Crippen LogP contribution in [0.4, 0.5) is 10.5 Å². The third kappa shape index (κ3) is 2.99. The molecular weight excluding hydrogens is 222 g/mol. The van der Waals surface area contributed by atoms with Gasteiger partial charge in [-0.05, 0) is 48.1 Å². The molecular formula is C13H16ClNO. The standard InChI is InChI=1S/C13H16ClNO/c14-13(16)15-12-8-6-11(7-9-12)10-4-2-1-3-5-10/h6-10H,1-5H2,(H,15,16). The zero-order valence-electron chi connectivity index (χ0n) is 9.21. The summed E-state index contributed by atoms with van der Waals surface area (Å²) in [5.41, 5.74) is 2.15. The van der Waals surface area contributed by atoms with E-state index in [9.17, 15) is 4.79 Å². The monoisotopic (exact) mass is 237 g/mol. The first-order chi connectivity index (χ1) is 7.75. The van der Waals surface area contributed by atoms with Crippen molar-refractivity contribution >= 4 is 22.7 Å². The van der Waals surface area contributed by atoms with E-state index in [-0.39, 0.29) is 0 Å². The number of carbonyl (C=O) groups excluding carboxylic acids is 1. The Morgan fingerprint density at radius 1 is 1.12 bits per heavy atom. The Morgan fingerprint density at radius 3 is 2.31 bits per heavy atom. The van der Waals surface area contributed by atoms with Crippen molar-refractivity contribution in [3.05, 3.63) is 29.8 Å². The average molecular weight is 238 g/mol. The molecule has 0 unspecified atom stereocenters. The molecule has 1 N–H and O–H groups in total. The van der Waals surface area contributed by atoms with Gasteiger partial charge >= 0.3 is 5.37 Å². The summed E-state index contributed by atoms with van der Waals surface area (Å²) in [5, 5.41) is 2.02. The Bertz CT molecular complexity index is 355. The topological polar surface area (TPSA) is 29.1 Å². The van der Waals surface area contributed by atoms with Crippen molar-refractivity contribution in [2.24, 2.45) is 0 Å². The van der Waals surface area contributed by atoms with Crippen LogP contribution < -0.4 is 5.32 Å². The Labute approximate surface area is 101 Å². The Morgan fingerprint density at radius 2 is 1.75 bits per heavy atom. The van der Waals surface area contributed by atoms with Crippen molar-refractivity contribution in [3.8, 4) is 0 Å². The highest BCUT2D eigenvalue weighted by Crippen LogP contribution is 2.32. The smallest absolute Gasteiger partial charge is 0.312 e. The maximum atomic E-state index is 10.7. The molecule has 0 atom stereocenters. The van der Waals surface area contributed by atoms with Crippen molar-refractivity contribution in [2.45, 2.75) is 38.0 Å². The van der Waals surface area contributed by atoms with E-state index >= 15 is 0 Å². The van der Waals surface area contributed by atoms with Crippen molar-refractivity contribution in [1.29, 1.82) is 0 Å². The first-order valence-electron chi connectivity index (χ1n) is 5.82. The van der Waals surface area contributed by atoms with Crippen LogP contribution >= 0.6 is 11.6 Å². The first kappa shape index (κ1) is 11.5. The lowest BCUT2D eigenvalue weighted by molar-refractivity contribution is 0.269. The zero-order valence-corrected chi connectivity index (χ0v) is 9.96. The third-order valence-electron chi connectivity index (χ3n) is 3.23. The minimum Gasteiger partial charge on any atom is -0.312 e. The van der Waals surface area contributed by atoms with E-state index in [1.807, 2.05) is 12.1 Å². The number of halogens is 1. The van der Waals surface area contributed by atoms with E-state index in [2.05, 4.69) is 17.4 Å². The van der Waals surface area contributed by atoms with Gasteiger partial charge in [-0.3, -0.25) is 4.79 Å². The summed E-state index contributed by atoms with van der Waals surface area (Å²) >= 11 is 5.25. The SMILES string of the molecule is O=C(Cl)Nc1ccc(C2CCCCC2)cc1.